The van der Waals surface area contributed by atoms with E-state index in [0.29, 0.717) is 36.8 Å². The predicted molar refractivity (Wildman–Crippen MR) is 67.8 cm³/mol. The lowest BCUT2D eigenvalue weighted by molar-refractivity contribution is -0.386. The van der Waals surface area contributed by atoms with Crippen LogP contribution in [0.3, 0.4) is 0 Å². The predicted octanol–water partition coefficient (Wildman–Crippen LogP) is 1.27. The van der Waals surface area contributed by atoms with Crippen molar-refractivity contribution in [2.75, 3.05) is 34.0 Å². The van der Waals surface area contributed by atoms with E-state index in [4.69, 9.17) is 14.2 Å². The molecule has 1 aliphatic rings. The summed E-state index contributed by atoms with van der Waals surface area (Å²) in [4.78, 5) is 10.7. The minimum Gasteiger partial charge on any atom is -0.493 e. The average Bonchev–Trinajstić information content (AvgIpc) is 2.46. The second-order valence-electron chi connectivity index (χ2n) is 4.10. The standard InChI is InChI=1S/C12H16N2O5/c1-17-11-5-8(9-7-19-4-3-13-9)10(14(15)16)6-12(11)18-2/h5-6,9,13H,3-4,7H2,1-2H3/t9-/m1/s1. The van der Waals surface area contributed by atoms with E-state index in [-0.39, 0.29) is 11.7 Å². The van der Waals surface area contributed by atoms with Crippen molar-refractivity contribution in [3.05, 3.63) is 27.8 Å². The molecule has 19 heavy (non-hydrogen) atoms. The van der Waals surface area contributed by atoms with Crippen LogP contribution in [0, 0.1) is 10.1 Å². The highest BCUT2D eigenvalue weighted by Crippen LogP contribution is 2.37. The molecule has 1 saturated heterocycles. The fourth-order valence-electron chi connectivity index (χ4n) is 2.09. The first-order valence-electron chi connectivity index (χ1n) is 5.88. The number of nitro groups is 1. The molecule has 1 aromatic rings. The molecule has 1 atom stereocenters. The molecule has 1 aromatic carbocycles. The minimum atomic E-state index is -0.423. The first-order chi connectivity index (χ1) is 9.17. The molecule has 0 amide bonds. The Morgan fingerprint density at radius 1 is 1.37 bits per heavy atom. The van der Waals surface area contributed by atoms with Crippen LogP contribution in [0.4, 0.5) is 5.69 Å². The van der Waals surface area contributed by atoms with Gasteiger partial charge < -0.3 is 19.5 Å². The van der Waals surface area contributed by atoms with Crippen molar-refractivity contribution in [2.24, 2.45) is 0 Å². The van der Waals surface area contributed by atoms with Gasteiger partial charge in [0.1, 0.15) is 0 Å². The largest absolute Gasteiger partial charge is 0.493 e. The van der Waals surface area contributed by atoms with Gasteiger partial charge in [0.05, 0.1) is 50.0 Å². The van der Waals surface area contributed by atoms with Crippen molar-refractivity contribution in [3.63, 3.8) is 0 Å². The summed E-state index contributed by atoms with van der Waals surface area (Å²) in [5, 5.41) is 14.4. The molecular weight excluding hydrogens is 252 g/mol. The first kappa shape index (κ1) is 13.6. The lowest BCUT2D eigenvalue weighted by Gasteiger charge is -2.24. The molecule has 104 valence electrons. The lowest BCUT2D eigenvalue weighted by atomic mass is 10.0. The van der Waals surface area contributed by atoms with E-state index in [2.05, 4.69) is 5.32 Å². The number of nitrogens with zero attached hydrogens (tertiary/aromatic N) is 1. The maximum Gasteiger partial charge on any atom is 0.278 e. The molecule has 0 saturated carbocycles. The molecule has 1 N–H and O–H groups in total. The molecule has 0 bridgehead atoms. The van der Waals surface area contributed by atoms with Crippen LogP contribution in [0.25, 0.3) is 0 Å². The molecular formula is C12H16N2O5. The van der Waals surface area contributed by atoms with Crippen LogP contribution in [-0.2, 0) is 4.74 Å². The van der Waals surface area contributed by atoms with Crippen LogP contribution in [0.15, 0.2) is 12.1 Å². The third kappa shape index (κ3) is 2.77. The van der Waals surface area contributed by atoms with Gasteiger partial charge in [-0.25, -0.2) is 0 Å². The van der Waals surface area contributed by atoms with Gasteiger partial charge in [-0.2, -0.15) is 0 Å². The maximum absolute atomic E-state index is 11.2. The maximum atomic E-state index is 11.2. The van der Waals surface area contributed by atoms with E-state index in [0.717, 1.165) is 0 Å². The number of morpholine rings is 1. The minimum absolute atomic E-state index is 0.000602. The van der Waals surface area contributed by atoms with Gasteiger partial charge in [-0.1, -0.05) is 0 Å². The van der Waals surface area contributed by atoms with Crippen LogP contribution < -0.4 is 14.8 Å². The van der Waals surface area contributed by atoms with Crippen molar-refractivity contribution in [1.29, 1.82) is 0 Å². The van der Waals surface area contributed by atoms with Crippen molar-refractivity contribution in [2.45, 2.75) is 6.04 Å². The monoisotopic (exact) mass is 268 g/mol. The van der Waals surface area contributed by atoms with Crippen molar-refractivity contribution in [1.82, 2.24) is 5.32 Å². The van der Waals surface area contributed by atoms with Gasteiger partial charge >= 0.3 is 0 Å². The Balaban J connectivity index is 2.46. The van der Waals surface area contributed by atoms with Crippen molar-refractivity contribution in [3.8, 4) is 11.5 Å². The molecule has 0 spiro atoms. The van der Waals surface area contributed by atoms with Crippen LogP contribution in [0.2, 0.25) is 0 Å². The van der Waals surface area contributed by atoms with Gasteiger partial charge in [0.15, 0.2) is 11.5 Å². The fraction of sp³-hybridized carbons (Fsp3) is 0.500. The van der Waals surface area contributed by atoms with E-state index >= 15 is 0 Å². The number of rotatable bonds is 4. The van der Waals surface area contributed by atoms with Crippen molar-refractivity contribution >= 4 is 5.69 Å². The molecule has 0 unspecified atom stereocenters. The Morgan fingerprint density at radius 3 is 2.58 bits per heavy atom. The van der Waals surface area contributed by atoms with E-state index in [1.165, 1.54) is 20.3 Å². The number of ether oxygens (including phenoxy) is 3. The van der Waals surface area contributed by atoms with Gasteiger partial charge in [0.2, 0.25) is 0 Å². The number of nitrogens with one attached hydrogen (secondary N) is 1. The summed E-state index contributed by atoms with van der Waals surface area (Å²) < 4.78 is 15.6. The van der Waals surface area contributed by atoms with Crippen LogP contribution in [0.1, 0.15) is 11.6 Å². The number of methoxy groups -OCH3 is 2. The normalized spacial score (nSPS) is 18.9. The Hall–Kier alpha value is -1.86. The number of nitro benzene ring substituents is 1. The Labute approximate surface area is 110 Å². The highest BCUT2D eigenvalue weighted by Gasteiger charge is 2.27. The van der Waals surface area contributed by atoms with Gasteiger partial charge in [0.25, 0.3) is 5.69 Å². The van der Waals surface area contributed by atoms with Crippen LogP contribution in [0.5, 0.6) is 11.5 Å². The summed E-state index contributed by atoms with van der Waals surface area (Å²) in [6, 6.07) is 2.79. The summed E-state index contributed by atoms with van der Waals surface area (Å²) in [5.74, 6) is 0.810. The summed E-state index contributed by atoms with van der Waals surface area (Å²) in [7, 11) is 2.95. The van der Waals surface area contributed by atoms with Crippen LogP contribution >= 0.6 is 0 Å². The first-order valence-corrected chi connectivity index (χ1v) is 5.88. The second-order valence-corrected chi connectivity index (χ2v) is 4.10. The number of benzene rings is 1. The summed E-state index contributed by atoms with van der Waals surface area (Å²) in [5.41, 5.74) is 0.544. The fourth-order valence-corrected chi connectivity index (χ4v) is 2.09. The zero-order chi connectivity index (χ0) is 13.8. The molecule has 0 radical (unpaired) electrons. The van der Waals surface area contributed by atoms with E-state index in [1.54, 1.807) is 6.07 Å². The zero-order valence-corrected chi connectivity index (χ0v) is 10.8. The molecule has 7 heteroatoms. The van der Waals surface area contributed by atoms with Crippen molar-refractivity contribution < 1.29 is 19.1 Å². The molecule has 1 aliphatic heterocycles. The van der Waals surface area contributed by atoms with Gasteiger partial charge in [-0.15, -0.1) is 0 Å². The molecule has 7 nitrogen and oxygen atoms in total. The van der Waals surface area contributed by atoms with E-state index in [9.17, 15) is 10.1 Å². The van der Waals surface area contributed by atoms with Gasteiger partial charge in [0, 0.05) is 6.54 Å². The number of hydrogen-bond acceptors (Lipinski definition) is 6. The Kier molecular flexibility index (Phi) is 4.18. The molecule has 2 rings (SSSR count). The SMILES string of the molecule is COc1cc([C@H]2COCCN2)c([N+](=O)[O-])cc1OC. The summed E-state index contributed by atoms with van der Waals surface area (Å²) in [6.07, 6.45) is 0. The highest BCUT2D eigenvalue weighted by atomic mass is 16.6. The highest BCUT2D eigenvalue weighted by molar-refractivity contribution is 5.55. The molecule has 0 aliphatic carbocycles. The van der Waals surface area contributed by atoms with Gasteiger partial charge in [-0.05, 0) is 6.07 Å². The zero-order valence-electron chi connectivity index (χ0n) is 10.8. The summed E-state index contributed by atoms with van der Waals surface area (Å²) in [6.45, 7) is 1.67. The van der Waals surface area contributed by atoms with E-state index < -0.39 is 4.92 Å². The Morgan fingerprint density at radius 2 is 2.05 bits per heavy atom. The Bertz CT molecular complexity index is 471. The third-order valence-corrected chi connectivity index (χ3v) is 3.03. The lowest BCUT2D eigenvalue weighted by Crippen LogP contribution is -2.34. The molecule has 1 heterocycles. The number of hydrogen-bond donors (Lipinski definition) is 1. The second kappa shape index (κ2) is 5.85. The quantitative estimate of drug-likeness (QED) is 0.654. The van der Waals surface area contributed by atoms with Crippen LogP contribution in [-0.4, -0.2) is 38.9 Å². The third-order valence-electron chi connectivity index (χ3n) is 3.03. The summed E-state index contributed by atoms with van der Waals surface area (Å²) >= 11 is 0. The molecule has 1 fully saturated rings. The average molecular weight is 268 g/mol. The smallest absolute Gasteiger partial charge is 0.278 e. The molecule has 0 aromatic heterocycles. The topological polar surface area (TPSA) is 82.9 Å². The van der Waals surface area contributed by atoms with E-state index in [1.807, 2.05) is 0 Å². The van der Waals surface area contributed by atoms with Gasteiger partial charge in [-0.3, -0.25) is 10.1 Å².